The summed E-state index contributed by atoms with van der Waals surface area (Å²) in [6, 6.07) is 4.37. The second kappa shape index (κ2) is 4.33. The normalized spacial score (nSPS) is 12.9. The minimum Gasteiger partial charge on any atom is -0.303 e. The summed E-state index contributed by atoms with van der Waals surface area (Å²) in [5.74, 6) is -0.267. The SMILES string of the molecule is CC(c1cc(C=O)ccc1F)N(C)C. The molecule has 0 spiro atoms. The molecule has 1 unspecified atom stereocenters. The summed E-state index contributed by atoms with van der Waals surface area (Å²) < 4.78 is 13.4. The van der Waals surface area contributed by atoms with Crippen LogP contribution < -0.4 is 0 Å². The van der Waals surface area contributed by atoms with Crippen molar-refractivity contribution in [3.05, 3.63) is 35.1 Å². The van der Waals surface area contributed by atoms with Crippen LogP contribution in [0, 0.1) is 5.82 Å². The van der Waals surface area contributed by atoms with E-state index in [1.807, 2.05) is 25.9 Å². The van der Waals surface area contributed by atoms with E-state index in [0.717, 1.165) is 6.29 Å². The number of halogens is 1. The Kier molecular flexibility index (Phi) is 3.36. The highest BCUT2D eigenvalue weighted by molar-refractivity contribution is 5.75. The van der Waals surface area contributed by atoms with Crippen molar-refractivity contribution in [3.63, 3.8) is 0 Å². The number of aldehydes is 1. The largest absolute Gasteiger partial charge is 0.303 e. The number of benzene rings is 1. The molecule has 76 valence electrons. The quantitative estimate of drug-likeness (QED) is 0.689. The maximum Gasteiger partial charge on any atom is 0.150 e. The van der Waals surface area contributed by atoms with Gasteiger partial charge in [0.05, 0.1) is 0 Å². The summed E-state index contributed by atoms with van der Waals surface area (Å²) in [4.78, 5) is 12.4. The molecule has 3 heteroatoms. The predicted octanol–water partition coefficient (Wildman–Crippen LogP) is 2.26. The monoisotopic (exact) mass is 195 g/mol. The zero-order valence-corrected chi connectivity index (χ0v) is 8.62. The summed E-state index contributed by atoms with van der Waals surface area (Å²) in [7, 11) is 3.75. The van der Waals surface area contributed by atoms with E-state index in [-0.39, 0.29) is 11.9 Å². The molecule has 0 saturated carbocycles. The Morgan fingerprint density at radius 2 is 2.07 bits per heavy atom. The van der Waals surface area contributed by atoms with Crippen molar-refractivity contribution in [1.29, 1.82) is 0 Å². The van der Waals surface area contributed by atoms with Crippen LogP contribution in [0.3, 0.4) is 0 Å². The van der Waals surface area contributed by atoms with E-state index in [9.17, 15) is 9.18 Å². The molecule has 0 radical (unpaired) electrons. The van der Waals surface area contributed by atoms with Crippen LogP contribution in [0.5, 0.6) is 0 Å². The molecule has 1 aromatic carbocycles. The number of rotatable bonds is 3. The van der Waals surface area contributed by atoms with Gasteiger partial charge < -0.3 is 4.90 Å². The van der Waals surface area contributed by atoms with Crippen LogP contribution in [-0.4, -0.2) is 25.3 Å². The topological polar surface area (TPSA) is 20.3 Å². The molecule has 0 aliphatic carbocycles. The highest BCUT2D eigenvalue weighted by Crippen LogP contribution is 2.21. The van der Waals surface area contributed by atoms with E-state index < -0.39 is 0 Å². The molecule has 0 heterocycles. The number of carbonyl (C=O) groups is 1. The molecule has 0 aliphatic heterocycles. The molecule has 0 aromatic heterocycles. The van der Waals surface area contributed by atoms with Crippen LogP contribution in [0.2, 0.25) is 0 Å². The molecular formula is C11H14FNO. The Balaban J connectivity index is 3.11. The first kappa shape index (κ1) is 10.9. The van der Waals surface area contributed by atoms with Gasteiger partial charge in [-0.15, -0.1) is 0 Å². The van der Waals surface area contributed by atoms with Crippen molar-refractivity contribution < 1.29 is 9.18 Å². The molecule has 2 nitrogen and oxygen atoms in total. The van der Waals surface area contributed by atoms with Gasteiger partial charge in [-0.05, 0) is 39.2 Å². The summed E-state index contributed by atoms with van der Waals surface area (Å²) in [6.07, 6.45) is 0.728. The third-order valence-electron chi connectivity index (χ3n) is 2.38. The summed E-state index contributed by atoms with van der Waals surface area (Å²) in [5, 5.41) is 0. The van der Waals surface area contributed by atoms with Gasteiger partial charge in [-0.1, -0.05) is 0 Å². The molecule has 0 aliphatic rings. The fraction of sp³-hybridized carbons (Fsp3) is 0.364. The van der Waals surface area contributed by atoms with E-state index in [1.54, 1.807) is 6.07 Å². The Labute approximate surface area is 83.3 Å². The van der Waals surface area contributed by atoms with Crippen LogP contribution in [0.25, 0.3) is 0 Å². The third-order valence-corrected chi connectivity index (χ3v) is 2.38. The summed E-state index contributed by atoms with van der Waals surface area (Å²) in [5.41, 5.74) is 1.06. The number of carbonyl (C=O) groups excluding carboxylic acids is 1. The van der Waals surface area contributed by atoms with Gasteiger partial charge in [0.2, 0.25) is 0 Å². The van der Waals surface area contributed by atoms with Gasteiger partial charge in [-0.3, -0.25) is 4.79 Å². The lowest BCUT2D eigenvalue weighted by Crippen LogP contribution is -2.18. The average molecular weight is 195 g/mol. The van der Waals surface area contributed by atoms with Gasteiger partial charge in [0.25, 0.3) is 0 Å². The number of hydrogen-bond donors (Lipinski definition) is 0. The highest BCUT2D eigenvalue weighted by atomic mass is 19.1. The number of hydrogen-bond acceptors (Lipinski definition) is 2. The zero-order chi connectivity index (χ0) is 10.7. The fourth-order valence-corrected chi connectivity index (χ4v) is 1.23. The highest BCUT2D eigenvalue weighted by Gasteiger charge is 2.13. The average Bonchev–Trinajstić information content (AvgIpc) is 2.17. The van der Waals surface area contributed by atoms with Crippen LogP contribution >= 0.6 is 0 Å². The predicted molar refractivity (Wildman–Crippen MR) is 53.9 cm³/mol. The Morgan fingerprint density at radius 1 is 1.43 bits per heavy atom. The van der Waals surface area contributed by atoms with Gasteiger partial charge in [0, 0.05) is 17.2 Å². The lowest BCUT2D eigenvalue weighted by atomic mass is 10.0. The first-order valence-electron chi connectivity index (χ1n) is 4.47. The molecule has 14 heavy (non-hydrogen) atoms. The van der Waals surface area contributed by atoms with Crippen LogP contribution in [0.15, 0.2) is 18.2 Å². The second-order valence-corrected chi connectivity index (χ2v) is 3.54. The first-order chi connectivity index (χ1) is 6.56. The Bertz CT molecular complexity index is 336. The lowest BCUT2D eigenvalue weighted by molar-refractivity contribution is 0.112. The van der Waals surface area contributed by atoms with Crippen molar-refractivity contribution in [2.75, 3.05) is 14.1 Å². The van der Waals surface area contributed by atoms with Crippen molar-refractivity contribution in [3.8, 4) is 0 Å². The van der Waals surface area contributed by atoms with Gasteiger partial charge in [-0.25, -0.2) is 4.39 Å². The van der Waals surface area contributed by atoms with Gasteiger partial charge in [0.15, 0.2) is 0 Å². The van der Waals surface area contributed by atoms with Gasteiger partial charge >= 0.3 is 0 Å². The Morgan fingerprint density at radius 3 is 2.57 bits per heavy atom. The molecule has 0 bridgehead atoms. The standard InChI is InChI=1S/C11H14FNO/c1-8(13(2)3)10-6-9(7-14)4-5-11(10)12/h4-8H,1-3H3. The Hall–Kier alpha value is -1.22. The van der Waals surface area contributed by atoms with Crippen LogP contribution in [0.4, 0.5) is 4.39 Å². The minimum atomic E-state index is -0.267. The zero-order valence-electron chi connectivity index (χ0n) is 8.62. The van der Waals surface area contributed by atoms with Crippen LogP contribution in [0.1, 0.15) is 28.9 Å². The molecular weight excluding hydrogens is 181 g/mol. The summed E-state index contributed by atoms with van der Waals surface area (Å²) in [6.45, 7) is 1.90. The summed E-state index contributed by atoms with van der Waals surface area (Å²) >= 11 is 0. The molecule has 0 amide bonds. The molecule has 1 aromatic rings. The smallest absolute Gasteiger partial charge is 0.150 e. The van der Waals surface area contributed by atoms with Crippen molar-refractivity contribution >= 4 is 6.29 Å². The van der Waals surface area contributed by atoms with E-state index in [2.05, 4.69) is 0 Å². The van der Waals surface area contributed by atoms with E-state index in [0.29, 0.717) is 11.1 Å². The third kappa shape index (κ3) is 2.17. The van der Waals surface area contributed by atoms with E-state index >= 15 is 0 Å². The van der Waals surface area contributed by atoms with E-state index in [1.165, 1.54) is 12.1 Å². The minimum absolute atomic E-state index is 0.0325. The van der Waals surface area contributed by atoms with Crippen molar-refractivity contribution in [2.24, 2.45) is 0 Å². The van der Waals surface area contributed by atoms with Crippen molar-refractivity contribution in [2.45, 2.75) is 13.0 Å². The van der Waals surface area contributed by atoms with Crippen LogP contribution in [-0.2, 0) is 0 Å². The lowest BCUT2D eigenvalue weighted by Gasteiger charge is -2.20. The van der Waals surface area contributed by atoms with Gasteiger partial charge in [0.1, 0.15) is 12.1 Å². The molecule has 0 saturated heterocycles. The van der Waals surface area contributed by atoms with Crippen molar-refractivity contribution in [1.82, 2.24) is 4.90 Å². The molecule has 0 fully saturated rings. The first-order valence-corrected chi connectivity index (χ1v) is 4.47. The maximum absolute atomic E-state index is 13.4. The maximum atomic E-state index is 13.4. The van der Waals surface area contributed by atoms with Gasteiger partial charge in [-0.2, -0.15) is 0 Å². The molecule has 0 N–H and O–H groups in total. The van der Waals surface area contributed by atoms with E-state index in [4.69, 9.17) is 0 Å². The number of nitrogens with zero attached hydrogens (tertiary/aromatic N) is 1. The fourth-order valence-electron chi connectivity index (χ4n) is 1.23. The molecule has 1 atom stereocenters. The molecule has 1 rings (SSSR count). The second-order valence-electron chi connectivity index (χ2n) is 3.54.